The van der Waals surface area contributed by atoms with E-state index in [2.05, 4.69) is 6.92 Å². The van der Waals surface area contributed by atoms with E-state index < -0.39 is 0 Å². The van der Waals surface area contributed by atoms with Gasteiger partial charge in [0.2, 0.25) is 5.91 Å². The average Bonchev–Trinajstić information content (AvgIpc) is 3.04. The van der Waals surface area contributed by atoms with E-state index in [0.717, 1.165) is 13.0 Å². The number of hydrogen-bond acceptors (Lipinski definition) is 1. The first-order valence-corrected chi connectivity index (χ1v) is 6.68. The molecular weight excluding hydrogens is 210 g/mol. The lowest BCUT2D eigenvalue weighted by Crippen LogP contribution is -2.34. The van der Waals surface area contributed by atoms with Crippen LogP contribution in [0.3, 0.4) is 0 Å². The average molecular weight is 232 g/mol. The third kappa shape index (κ3) is 4.87. The van der Waals surface area contributed by atoms with Gasteiger partial charge in [-0.25, -0.2) is 0 Å². The zero-order valence-corrected chi connectivity index (χ0v) is 10.4. The molecule has 0 spiro atoms. The largest absolute Gasteiger partial charge is 0.339 e. The van der Waals surface area contributed by atoms with Crippen molar-refractivity contribution in [2.45, 2.75) is 57.9 Å². The van der Waals surface area contributed by atoms with E-state index in [1.165, 1.54) is 32.1 Å². The molecule has 0 radical (unpaired) electrons. The number of hydrogen-bond donors (Lipinski definition) is 0. The van der Waals surface area contributed by atoms with E-state index in [1.54, 1.807) is 0 Å². The van der Waals surface area contributed by atoms with Gasteiger partial charge in [0.25, 0.3) is 0 Å². The van der Waals surface area contributed by atoms with Crippen molar-refractivity contribution in [2.75, 3.05) is 12.4 Å². The predicted molar refractivity (Wildman–Crippen MR) is 64.2 cm³/mol. The zero-order valence-electron chi connectivity index (χ0n) is 9.67. The van der Waals surface area contributed by atoms with Crippen LogP contribution in [-0.2, 0) is 4.79 Å². The Kier molecular flexibility index (Phi) is 6.07. The van der Waals surface area contributed by atoms with E-state index >= 15 is 0 Å². The highest BCUT2D eigenvalue weighted by Crippen LogP contribution is 2.27. The van der Waals surface area contributed by atoms with Crippen molar-refractivity contribution in [2.24, 2.45) is 0 Å². The second-order valence-electron chi connectivity index (χ2n) is 4.32. The van der Waals surface area contributed by atoms with Crippen LogP contribution in [-0.4, -0.2) is 29.3 Å². The predicted octanol–water partition coefficient (Wildman–Crippen LogP) is 3.19. The highest BCUT2D eigenvalue weighted by atomic mass is 35.5. The maximum Gasteiger partial charge on any atom is 0.222 e. The third-order valence-electron chi connectivity index (χ3n) is 2.88. The van der Waals surface area contributed by atoms with Crippen LogP contribution in [0.1, 0.15) is 51.9 Å². The summed E-state index contributed by atoms with van der Waals surface area (Å²) in [5.74, 6) is 0.881. The van der Waals surface area contributed by atoms with Crippen molar-refractivity contribution >= 4 is 17.5 Å². The third-order valence-corrected chi connectivity index (χ3v) is 3.05. The van der Waals surface area contributed by atoms with Crippen molar-refractivity contribution < 1.29 is 4.79 Å². The summed E-state index contributed by atoms with van der Waals surface area (Å²) in [7, 11) is 0. The van der Waals surface area contributed by atoms with E-state index in [0.29, 0.717) is 24.2 Å². The fourth-order valence-corrected chi connectivity index (χ4v) is 2.02. The summed E-state index contributed by atoms with van der Waals surface area (Å²) >= 11 is 5.70. The Balaban J connectivity index is 2.17. The fourth-order valence-electron chi connectivity index (χ4n) is 1.83. The molecule has 1 aliphatic carbocycles. The van der Waals surface area contributed by atoms with Crippen LogP contribution in [0.15, 0.2) is 0 Å². The van der Waals surface area contributed by atoms with Crippen molar-refractivity contribution in [3.05, 3.63) is 0 Å². The summed E-state index contributed by atoms with van der Waals surface area (Å²) in [6.07, 6.45) is 7.76. The lowest BCUT2D eigenvalue weighted by atomic mass is 10.1. The summed E-state index contributed by atoms with van der Waals surface area (Å²) in [6.45, 7) is 2.92. The van der Waals surface area contributed by atoms with E-state index in [1.807, 2.05) is 4.90 Å². The Hall–Kier alpha value is -0.240. The maximum atomic E-state index is 11.8. The molecule has 0 heterocycles. The van der Waals surface area contributed by atoms with E-state index in [9.17, 15) is 4.79 Å². The lowest BCUT2D eigenvalue weighted by Gasteiger charge is -2.21. The van der Waals surface area contributed by atoms with Crippen LogP contribution in [0.2, 0.25) is 0 Å². The molecule has 0 bridgehead atoms. The molecule has 1 rings (SSSR count). The number of alkyl halides is 1. The molecule has 15 heavy (non-hydrogen) atoms. The molecule has 88 valence electrons. The minimum atomic E-state index is 0.314. The summed E-state index contributed by atoms with van der Waals surface area (Å²) in [6, 6.07) is 0.516. The number of carbonyl (C=O) groups is 1. The molecule has 2 nitrogen and oxygen atoms in total. The first-order valence-electron chi connectivity index (χ1n) is 6.15. The first-order chi connectivity index (χ1) is 7.29. The van der Waals surface area contributed by atoms with Gasteiger partial charge >= 0.3 is 0 Å². The Morgan fingerprint density at radius 1 is 1.33 bits per heavy atom. The van der Waals surface area contributed by atoms with Gasteiger partial charge in [0.15, 0.2) is 0 Å². The van der Waals surface area contributed by atoms with Gasteiger partial charge in [0.1, 0.15) is 0 Å². The lowest BCUT2D eigenvalue weighted by molar-refractivity contribution is -0.131. The number of rotatable bonds is 8. The highest BCUT2D eigenvalue weighted by Gasteiger charge is 2.31. The molecule has 0 aromatic rings. The quantitative estimate of drug-likeness (QED) is 0.464. The number of carbonyl (C=O) groups excluding carboxylic acids is 1. The van der Waals surface area contributed by atoms with Crippen molar-refractivity contribution in [1.82, 2.24) is 4.90 Å². The number of amides is 1. The summed E-state index contributed by atoms with van der Waals surface area (Å²) in [4.78, 5) is 13.8. The van der Waals surface area contributed by atoms with Gasteiger partial charge in [-0.05, 0) is 19.3 Å². The normalized spacial score (nSPS) is 15.3. The molecule has 0 aromatic heterocycles. The highest BCUT2D eigenvalue weighted by molar-refractivity contribution is 6.18. The summed E-state index contributed by atoms with van der Waals surface area (Å²) in [5, 5.41) is 0. The number of nitrogens with zero attached hydrogens (tertiary/aromatic N) is 1. The smallest absolute Gasteiger partial charge is 0.222 e. The molecule has 1 saturated carbocycles. The van der Waals surface area contributed by atoms with E-state index in [-0.39, 0.29) is 0 Å². The molecule has 0 N–H and O–H groups in total. The van der Waals surface area contributed by atoms with Crippen LogP contribution in [0, 0.1) is 0 Å². The van der Waals surface area contributed by atoms with Gasteiger partial charge in [-0.1, -0.05) is 26.2 Å². The molecule has 0 aromatic carbocycles. The van der Waals surface area contributed by atoms with Crippen molar-refractivity contribution in [1.29, 1.82) is 0 Å². The Bertz CT molecular complexity index is 192. The monoisotopic (exact) mass is 231 g/mol. The Morgan fingerprint density at radius 2 is 2.07 bits per heavy atom. The van der Waals surface area contributed by atoms with Crippen LogP contribution >= 0.6 is 11.6 Å². The molecule has 3 heteroatoms. The second-order valence-corrected chi connectivity index (χ2v) is 4.70. The first kappa shape index (κ1) is 12.8. The fraction of sp³-hybridized carbons (Fsp3) is 0.917. The minimum absolute atomic E-state index is 0.314. The van der Waals surface area contributed by atoms with Gasteiger partial charge in [-0.15, -0.1) is 11.6 Å². The molecular formula is C12H22ClNO. The Labute approximate surface area is 98.0 Å². The standard InChI is InChI=1S/C12H22ClNO/c1-2-3-4-5-6-12(15)14(10-9-13)11-7-8-11/h11H,2-10H2,1H3. The van der Waals surface area contributed by atoms with Gasteiger partial charge in [-0.3, -0.25) is 4.79 Å². The van der Waals surface area contributed by atoms with Gasteiger partial charge in [0, 0.05) is 24.9 Å². The second kappa shape index (κ2) is 7.10. The SMILES string of the molecule is CCCCCCC(=O)N(CCCl)C1CC1. The zero-order chi connectivity index (χ0) is 11.1. The van der Waals surface area contributed by atoms with Crippen LogP contribution in [0.5, 0.6) is 0 Å². The van der Waals surface area contributed by atoms with Gasteiger partial charge < -0.3 is 4.90 Å². The van der Waals surface area contributed by atoms with Crippen molar-refractivity contribution in [3.8, 4) is 0 Å². The molecule has 1 fully saturated rings. The molecule has 1 amide bonds. The topological polar surface area (TPSA) is 20.3 Å². The maximum absolute atomic E-state index is 11.8. The molecule has 0 aliphatic heterocycles. The van der Waals surface area contributed by atoms with Gasteiger partial charge in [-0.2, -0.15) is 0 Å². The van der Waals surface area contributed by atoms with Crippen molar-refractivity contribution in [3.63, 3.8) is 0 Å². The molecule has 1 aliphatic rings. The summed E-state index contributed by atoms with van der Waals surface area (Å²) < 4.78 is 0. The minimum Gasteiger partial charge on any atom is -0.339 e. The number of halogens is 1. The number of unbranched alkanes of at least 4 members (excludes halogenated alkanes) is 3. The molecule has 0 atom stereocenters. The van der Waals surface area contributed by atoms with Gasteiger partial charge in [0.05, 0.1) is 0 Å². The van der Waals surface area contributed by atoms with Crippen LogP contribution in [0.4, 0.5) is 0 Å². The Morgan fingerprint density at radius 3 is 2.60 bits per heavy atom. The molecule has 0 saturated heterocycles. The molecule has 0 unspecified atom stereocenters. The summed E-state index contributed by atoms with van der Waals surface area (Å²) in [5.41, 5.74) is 0. The van der Waals surface area contributed by atoms with Crippen LogP contribution in [0.25, 0.3) is 0 Å². The van der Waals surface area contributed by atoms with Crippen LogP contribution < -0.4 is 0 Å². The van der Waals surface area contributed by atoms with E-state index in [4.69, 9.17) is 11.6 Å².